The predicted molar refractivity (Wildman–Crippen MR) is 147 cm³/mol. The molecule has 216 valence electrons. The Balaban J connectivity index is 1.65. The second-order valence-electron chi connectivity index (χ2n) is 12.4. The van der Waals surface area contributed by atoms with E-state index in [2.05, 4.69) is 12.2 Å². The monoisotopic (exact) mass is 554 g/mol. The van der Waals surface area contributed by atoms with Gasteiger partial charge in [-0.15, -0.1) is 0 Å². The summed E-state index contributed by atoms with van der Waals surface area (Å²) < 4.78 is 0. The molecule has 4 atom stereocenters. The van der Waals surface area contributed by atoms with Crippen molar-refractivity contribution in [1.29, 1.82) is 0 Å². The van der Waals surface area contributed by atoms with E-state index in [-0.39, 0.29) is 35.3 Å². The molecule has 1 saturated carbocycles. The molecule has 0 aromatic heterocycles. The average Bonchev–Trinajstić information content (AvgIpc) is 2.82. The highest BCUT2D eigenvalue weighted by Gasteiger charge is 2.63. The van der Waals surface area contributed by atoms with Gasteiger partial charge in [0.1, 0.15) is 22.8 Å². The number of carbonyl (C=O) groups is 3. The number of allylic oxidation sites excluding steroid dienone is 1. The van der Waals surface area contributed by atoms with E-state index in [1.165, 1.54) is 0 Å². The number of ketones is 2. The number of amides is 1. The van der Waals surface area contributed by atoms with Crippen molar-refractivity contribution in [2.45, 2.75) is 62.8 Å². The Labute approximate surface area is 232 Å². The molecule has 40 heavy (non-hydrogen) atoms. The van der Waals surface area contributed by atoms with Gasteiger partial charge in [0.15, 0.2) is 11.4 Å². The fraction of sp³-hybridized carbons (Fsp3) is 0.552. The van der Waals surface area contributed by atoms with Crippen molar-refractivity contribution in [3.05, 3.63) is 45.4 Å². The van der Waals surface area contributed by atoms with E-state index < -0.39 is 58.0 Å². The number of phenols is 1. The molecule has 1 aromatic carbocycles. The first kappa shape index (κ1) is 28.1. The highest BCUT2D eigenvalue weighted by Crippen LogP contribution is 2.53. The standard InChI is InChI=1S/C29H38N4O7/c1-28(7-6-8-28)31-12-14-11-17(34)19-15(21(14)32(2)3)9-13-10-16-22(33(4)5)24(36)20(27(30)39)26(38)29(16,40)25(37)18(13)23(19)35/h11,13,16,22,31,34,36-37,40H,6-10,12H2,1-5H3,(H2,30,39)/t13-,16-,22-,29-/m0/s1. The largest absolute Gasteiger partial charge is 0.510 e. The van der Waals surface area contributed by atoms with E-state index in [9.17, 15) is 34.8 Å². The molecule has 0 unspecified atom stereocenters. The molecule has 0 spiro atoms. The molecule has 1 aromatic rings. The van der Waals surface area contributed by atoms with Crippen LogP contribution in [0, 0.1) is 11.8 Å². The number of aliphatic hydroxyl groups is 3. The molecule has 4 aliphatic carbocycles. The molecule has 0 saturated heterocycles. The topological polar surface area (TPSA) is 177 Å². The van der Waals surface area contributed by atoms with E-state index in [4.69, 9.17) is 5.73 Å². The van der Waals surface area contributed by atoms with Crippen LogP contribution in [0.5, 0.6) is 5.75 Å². The number of nitrogens with one attached hydrogen (secondary N) is 1. The maximum absolute atomic E-state index is 14.0. The number of carbonyl (C=O) groups excluding carboxylic acids is 3. The molecular weight excluding hydrogens is 516 g/mol. The molecule has 0 radical (unpaired) electrons. The fourth-order valence-corrected chi connectivity index (χ4v) is 7.26. The number of rotatable bonds is 6. The van der Waals surface area contributed by atoms with Gasteiger partial charge in [-0.2, -0.15) is 0 Å². The van der Waals surface area contributed by atoms with Gasteiger partial charge in [0.05, 0.1) is 11.6 Å². The number of phenolic OH excluding ortho intramolecular Hbond substituents is 1. The zero-order valence-electron chi connectivity index (χ0n) is 23.5. The van der Waals surface area contributed by atoms with Gasteiger partial charge in [-0.25, -0.2) is 0 Å². The normalized spacial score (nSPS) is 29.1. The quantitative estimate of drug-likeness (QED) is 0.280. The van der Waals surface area contributed by atoms with Gasteiger partial charge in [0.2, 0.25) is 5.78 Å². The first-order chi connectivity index (χ1) is 18.6. The lowest BCUT2D eigenvalue weighted by Crippen LogP contribution is -2.63. The third-order valence-corrected chi connectivity index (χ3v) is 9.38. The molecule has 0 aliphatic heterocycles. The van der Waals surface area contributed by atoms with E-state index in [0.29, 0.717) is 12.1 Å². The maximum Gasteiger partial charge on any atom is 0.255 e. The number of aromatic hydroxyl groups is 1. The molecule has 11 nitrogen and oxygen atoms in total. The van der Waals surface area contributed by atoms with Gasteiger partial charge in [-0.05, 0) is 76.2 Å². The Morgan fingerprint density at radius 2 is 1.80 bits per heavy atom. The van der Waals surface area contributed by atoms with Crippen LogP contribution >= 0.6 is 0 Å². The maximum atomic E-state index is 14.0. The summed E-state index contributed by atoms with van der Waals surface area (Å²) in [6, 6.07) is 0.532. The van der Waals surface area contributed by atoms with Crippen LogP contribution in [0.1, 0.15) is 54.1 Å². The summed E-state index contributed by atoms with van der Waals surface area (Å²) in [6.45, 7) is 2.66. The number of primary amides is 1. The molecule has 4 aliphatic rings. The van der Waals surface area contributed by atoms with Gasteiger partial charge in [0, 0.05) is 43.4 Å². The summed E-state index contributed by atoms with van der Waals surface area (Å²) >= 11 is 0. The number of Topliss-reactive ketones (excluding diaryl/α,β-unsaturated/α-hetero) is 2. The van der Waals surface area contributed by atoms with Crippen molar-refractivity contribution in [3.63, 3.8) is 0 Å². The van der Waals surface area contributed by atoms with Crippen LogP contribution in [0.25, 0.3) is 0 Å². The minimum absolute atomic E-state index is 0.0167. The highest BCUT2D eigenvalue weighted by molar-refractivity contribution is 6.24. The number of nitrogens with zero attached hydrogens (tertiary/aromatic N) is 2. The van der Waals surface area contributed by atoms with Gasteiger partial charge in [-0.1, -0.05) is 0 Å². The summed E-state index contributed by atoms with van der Waals surface area (Å²) in [5, 5.41) is 48.8. The van der Waals surface area contributed by atoms with E-state index in [0.717, 1.165) is 30.5 Å². The smallest absolute Gasteiger partial charge is 0.255 e. The number of benzene rings is 1. The summed E-state index contributed by atoms with van der Waals surface area (Å²) in [7, 11) is 6.95. The number of hydrogen-bond acceptors (Lipinski definition) is 10. The first-order valence-electron chi connectivity index (χ1n) is 13.6. The van der Waals surface area contributed by atoms with Crippen molar-refractivity contribution < 1.29 is 34.8 Å². The van der Waals surface area contributed by atoms with Gasteiger partial charge >= 0.3 is 0 Å². The van der Waals surface area contributed by atoms with E-state index >= 15 is 0 Å². The number of anilines is 1. The zero-order valence-corrected chi connectivity index (χ0v) is 23.5. The number of hydrogen-bond donors (Lipinski definition) is 6. The predicted octanol–water partition coefficient (Wildman–Crippen LogP) is 1.22. The molecule has 1 fully saturated rings. The van der Waals surface area contributed by atoms with Gasteiger partial charge in [-0.3, -0.25) is 19.3 Å². The van der Waals surface area contributed by atoms with Crippen LogP contribution in [-0.4, -0.2) is 88.2 Å². The van der Waals surface area contributed by atoms with Crippen LogP contribution < -0.4 is 16.0 Å². The molecule has 1 amide bonds. The van der Waals surface area contributed by atoms with Crippen molar-refractivity contribution in [3.8, 4) is 5.75 Å². The molecule has 5 rings (SSSR count). The summed E-state index contributed by atoms with van der Waals surface area (Å²) in [5.41, 5.74) is 4.05. The second kappa shape index (κ2) is 9.32. The van der Waals surface area contributed by atoms with Crippen LogP contribution in [-0.2, 0) is 22.6 Å². The summed E-state index contributed by atoms with van der Waals surface area (Å²) in [4.78, 5) is 43.0. The Kier molecular flexibility index (Phi) is 6.56. The van der Waals surface area contributed by atoms with Crippen molar-refractivity contribution in [2.75, 3.05) is 33.1 Å². The van der Waals surface area contributed by atoms with E-state index in [1.54, 1.807) is 25.1 Å². The van der Waals surface area contributed by atoms with Crippen molar-refractivity contribution >= 4 is 23.2 Å². The zero-order chi connectivity index (χ0) is 29.5. The molecular formula is C29H38N4O7. The third kappa shape index (κ3) is 3.86. The minimum atomic E-state index is -2.65. The number of nitrogens with two attached hydrogens (primary N) is 1. The first-order valence-corrected chi connectivity index (χ1v) is 13.6. The number of fused-ring (bicyclic) bond motifs is 3. The van der Waals surface area contributed by atoms with Crippen LogP contribution in [0.2, 0.25) is 0 Å². The second-order valence-corrected chi connectivity index (χ2v) is 12.4. The summed E-state index contributed by atoms with van der Waals surface area (Å²) in [6.07, 6.45) is 3.58. The number of aliphatic hydroxyl groups excluding tert-OH is 2. The van der Waals surface area contributed by atoms with Gasteiger partial charge in [0.25, 0.3) is 5.91 Å². The Bertz CT molecular complexity index is 1390. The van der Waals surface area contributed by atoms with Crippen molar-refractivity contribution in [1.82, 2.24) is 10.2 Å². The lowest BCUT2D eigenvalue weighted by atomic mass is 9.58. The van der Waals surface area contributed by atoms with Crippen molar-refractivity contribution in [2.24, 2.45) is 17.6 Å². The molecule has 0 bridgehead atoms. The lowest BCUT2D eigenvalue weighted by molar-refractivity contribution is -0.148. The minimum Gasteiger partial charge on any atom is -0.510 e. The molecule has 11 heteroatoms. The Morgan fingerprint density at radius 3 is 2.33 bits per heavy atom. The number of likely N-dealkylation sites (N-methyl/N-ethyl adjacent to an activating group) is 1. The lowest BCUT2D eigenvalue weighted by Gasteiger charge is -2.50. The average molecular weight is 555 g/mol. The van der Waals surface area contributed by atoms with Crippen LogP contribution in [0.15, 0.2) is 28.7 Å². The van der Waals surface area contributed by atoms with Crippen LogP contribution in [0.4, 0.5) is 5.69 Å². The highest BCUT2D eigenvalue weighted by atomic mass is 16.3. The molecule has 7 N–H and O–H groups in total. The Hall–Kier alpha value is -3.41. The SMILES string of the molecule is CN(C)c1c(CNC2(C)CCC2)cc(O)c2c1C[C@H]1C[C@H]3[C@H](N(C)C)C(O)=C(C(N)=O)C(=O)[C@@]3(O)C(O)=C1C2=O. The third-order valence-electron chi connectivity index (χ3n) is 9.38. The van der Waals surface area contributed by atoms with E-state index in [1.807, 2.05) is 19.0 Å². The van der Waals surface area contributed by atoms with Crippen LogP contribution in [0.3, 0.4) is 0 Å². The fourth-order valence-electron chi connectivity index (χ4n) is 7.26. The van der Waals surface area contributed by atoms with Gasteiger partial charge < -0.3 is 36.4 Å². The Morgan fingerprint density at radius 1 is 1.15 bits per heavy atom. The molecule has 0 heterocycles. The summed E-state index contributed by atoms with van der Waals surface area (Å²) in [5.74, 6) is -6.53.